The third-order valence-corrected chi connectivity index (χ3v) is 3.86. The largest absolute Gasteiger partial charge is 0.481 e. The van der Waals surface area contributed by atoms with Crippen LogP contribution in [0.25, 0.3) is 0 Å². The quantitative estimate of drug-likeness (QED) is 0.708. The first-order valence-electron chi connectivity index (χ1n) is 8.11. The van der Waals surface area contributed by atoms with Crippen molar-refractivity contribution in [3.05, 3.63) is 58.3 Å². The second-order valence-electron chi connectivity index (χ2n) is 6.06. The van der Waals surface area contributed by atoms with Crippen LogP contribution in [0.5, 0.6) is 5.75 Å². The molecule has 0 fully saturated rings. The van der Waals surface area contributed by atoms with Crippen LogP contribution in [-0.2, 0) is 4.79 Å². The zero-order valence-corrected chi connectivity index (χ0v) is 16.1. The van der Waals surface area contributed by atoms with Gasteiger partial charge in [0.2, 0.25) is 0 Å². The number of rotatable bonds is 7. The predicted octanol–water partition coefficient (Wildman–Crippen LogP) is 3.99. The van der Waals surface area contributed by atoms with E-state index in [9.17, 15) is 14.0 Å². The monoisotopic (exact) mass is 422 g/mol. The van der Waals surface area contributed by atoms with Crippen molar-refractivity contribution in [3.8, 4) is 5.75 Å². The van der Waals surface area contributed by atoms with Gasteiger partial charge < -0.3 is 15.4 Å². The van der Waals surface area contributed by atoms with E-state index in [0.717, 1.165) is 0 Å². The fourth-order valence-corrected chi connectivity index (χ4v) is 2.44. The van der Waals surface area contributed by atoms with Crippen LogP contribution in [0.3, 0.4) is 0 Å². The van der Waals surface area contributed by atoms with E-state index in [1.807, 2.05) is 13.8 Å². The number of anilines is 1. The van der Waals surface area contributed by atoms with Crippen molar-refractivity contribution in [2.75, 3.05) is 18.5 Å². The molecule has 5 nitrogen and oxygen atoms in total. The van der Waals surface area contributed by atoms with Crippen molar-refractivity contribution in [2.24, 2.45) is 5.92 Å². The third kappa shape index (κ3) is 5.84. The van der Waals surface area contributed by atoms with E-state index in [1.165, 1.54) is 12.1 Å². The molecular formula is C19H20BrFN2O3. The van der Waals surface area contributed by atoms with Crippen molar-refractivity contribution in [1.82, 2.24) is 5.32 Å². The smallest absolute Gasteiger partial charge is 0.262 e. The van der Waals surface area contributed by atoms with E-state index < -0.39 is 11.7 Å². The number of nitrogens with one attached hydrogen (secondary N) is 2. The van der Waals surface area contributed by atoms with E-state index in [-0.39, 0.29) is 18.3 Å². The molecule has 0 aliphatic rings. The van der Waals surface area contributed by atoms with Gasteiger partial charge in [0, 0.05) is 11.0 Å². The molecule has 0 atom stereocenters. The second kappa shape index (κ2) is 9.33. The fourth-order valence-electron chi connectivity index (χ4n) is 2.10. The summed E-state index contributed by atoms with van der Waals surface area (Å²) in [6, 6.07) is 11.0. The van der Waals surface area contributed by atoms with Crippen molar-refractivity contribution < 1.29 is 18.7 Å². The Kier molecular flexibility index (Phi) is 7.15. The molecule has 2 aromatic rings. The summed E-state index contributed by atoms with van der Waals surface area (Å²) in [5, 5.41) is 5.43. The average Bonchev–Trinajstić information content (AvgIpc) is 2.59. The number of carbonyl (C=O) groups excluding carboxylic acids is 2. The number of benzene rings is 2. The van der Waals surface area contributed by atoms with Gasteiger partial charge >= 0.3 is 0 Å². The fraction of sp³-hybridized carbons (Fsp3) is 0.263. The lowest BCUT2D eigenvalue weighted by atomic mass is 10.1. The lowest BCUT2D eigenvalue weighted by Gasteiger charge is -2.13. The minimum absolute atomic E-state index is 0.0219. The van der Waals surface area contributed by atoms with Crippen LogP contribution >= 0.6 is 15.9 Å². The van der Waals surface area contributed by atoms with Crippen LogP contribution in [0, 0.1) is 11.7 Å². The summed E-state index contributed by atoms with van der Waals surface area (Å²) in [5.41, 5.74) is 0.731. The first kappa shape index (κ1) is 19.9. The van der Waals surface area contributed by atoms with Crippen molar-refractivity contribution in [3.63, 3.8) is 0 Å². The highest BCUT2D eigenvalue weighted by molar-refractivity contribution is 9.10. The number of halogens is 2. The SMILES string of the molecule is CC(C)CNC(=O)c1ccccc1NC(=O)COc1ccc(Br)cc1F. The third-order valence-electron chi connectivity index (χ3n) is 3.37. The van der Waals surface area contributed by atoms with Gasteiger partial charge in [0.25, 0.3) is 11.8 Å². The molecule has 0 spiro atoms. The van der Waals surface area contributed by atoms with Crippen molar-refractivity contribution in [1.29, 1.82) is 0 Å². The number of para-hydroxylation sites is 1. The first-order chi connectivity index (χ1) is 12.4. The van der Waals surface area contributed by atoms with E-state index in [4.69, 9.17) is 4.74 Å². The van der Waals surface area contributed by atoms with Crippen LogP contribution in [-0.4, -0.2) is 25.0 Å². The summed E-state index contributed by atoms with van der Waals surface area (Å²) in [5.74, 6) is -1.03. The number of amides is 2. The van der Waals surface area contributed by atoms with Crippen LogP contribution in [0.2, 0.25) is 0 Å². The summed E-state index contributed by atoms with van der Waals surface area (Å²) in [7, 11) is 0. The Hall–Kier alpha value is -2.41. The first-order valence-corrected chi connectivity index (χ1v) is 8.91. The molecule has 138 valence electrons. The Balaban J connectivity index is 1.99. The molecule has 2 amide bonds. The van der Waals surface area contributed by atoms with Gasteiger partial charge in [-0.2, -0.15) is 0 Å². The molecule has 0 aliphatic heterocycles. The number of carbonyl (C=O) groups is 2. The van der Waals surface area contributed by atoms with E-state index >= 15 is 0 Å². The molecule has 7 heteroatoms. The van der Waals surface area contributed by atoms with Gasteiger partial charge in [0.1, 0.15) is 0 Å². The number of ether oxygens (including phenoxy) is 1. The number of hydrogen-bond acceptors (Lipinski definition) is 3. The Labute approximate surface area is 160 Å². The minimum atomic E-state index is -0.569. The lowest BCUT2D eigenvalue weighted by Crippen LogP contribution is -2.29. The van der Waals surface area contributed by atoms with E-state index in [2.05, 4.69) is 26.6 Å². The molecule has 0 aromatic heterocycles. The summed E-state index contributed by atoms with van der Waals surface area (Å²) >= 11 is 3.15. The Morgan fingerprint density at radius 3 is 2.62 bits per heavy atom. The average molecular weight is 423 g/mol. The van der Waals surface area contributed by atoms with Gasteiger partial charge in [-0.15, -0.1) is 0 Å². The molecule has 0 aliphatic carbocycles. The van der Waals surface area contributed by atoms with Crippen LogP contribution in [0.4, 0.5) is 10.1 Å². The highest BCUT2D eigenvalue weighted by Gasteiger charge is 2.14. The van der Waals surface area contributed by atoms with E-state index in [0.29, 0.717) is 28.2 Å². The lowest BCUT2D eigenvalue weighted by molar-refractivity contribution is -0.118. The predicted molar refractivity (Wildman–Crippen MR) is 102 cm³/mol. The Morgan fingerprint density at radius 1 is 1.19 bits per heavy atom. The summed E-state index contributed by atoms with van der Waals surface area (Å²) in [4.78, 5) is 24.4. The summed E-state index contributed by atoms with van der Waals surface area (Å²) < 4.78 is 19.5. The maximum absolute atomic E-state index is 13.7. The normalized spacial score (nSPS) is 10.5. The zero-order valence-electron chi connectivity index (χ0n) is 14.5. The molecule has 2 aromatic carbocycles. The zero-order chi connectivity index (χ0) is 19.1. The molecule has 2 rings (SSSR count). The molecule has 0 unspecified atom stereocenters. The molecule has 0 radical (unpaired) electrons. The topological polar surface area (TPSA) is 67.4 Å². The van der Waals surface area contributed by atoms with Gasteiger partial charge in [0.15, 0.2) is 18.2 Å². The molecular weight excluding hydrogens is 403 g/mol. The van der Waals surface area contributed by atoms with Gasteiger partial charge in [-0.3, -0.25) is 9.59 Å². The van der Waals surface area contributed by atoms with Gasteiger partial charge in [-0.1, -0.05) is 41.9 Å². The van der Waals surface area contributed by atoms with Gasteiger partial charge in [-0.05, 0) is 36.2 Å². The second-order valence-corrected chi connectivity index (χ2v) is 6.98. The van der Waals surface area contributed by atoms with Crippen molar-refractivity contribution >= 4 is 33.4 Å². The molecule has 26 heavy (non-hydrogen) atoms. The van der Waals surface area contributed by atoms with Gasteiger partial charge in [-0.25, -0.2) is 4.39 Å². The maximum Gasteiger partial charge on any atom is 0.262 e. The van der Waals surface area contributed by atoms with Crippen LogP contribution in [0.1, 0.15) is 24.2 Å². The molecule has 0 saturated heterocycles. The van der Waals surface area contributed by atoms with Gasteiger partial charge in [0.05, 0.1) is 11.3 Å². The highest BCUT2D eigenvalue weighted by atomic mass is 79.9. The molecule has 0 heterocycles. The summed E-state index contributed by atoms with van der Waals surface area (Å²) in [6.07, 6.45) is 0. The van der Waals surface area contributed by atoms with Crippen LogP contribution in [0.15, 0.2) is 46.9 Å². The minimum Gasteiger partial charge on any atom is -0.481 e. The summed E-state index contributed by atoms with van der Waals surface area (Å²) in [6.45, 7) is 4.15. The Bertz CT molecular complexity index is 796. The molecule has 0 bridgehead atoms. The molecule has 0 saturated carbocycles. The standard InChI is InChI=1S/C19H20BrFN2O3/c1-12(2)10-22-19(25)14-5-3-4-6-16(14)23-18(24)11-26-17-8-7-13(20)9-15(17)21/h3-9,12H,10-11H2,1-2H3,(H,22,25)(H,23,24). The van der Waals surface area contributed by atoms with Crippen molar-refractivity contribution in [2.45, 2.75) is 13.8 Å². The van der Waals surface area contributed by atoms with Crippen LogP contribution < -0.4 is 15.4 Å². The Morgan fingerprint density at radius 2 is 1.92 bits per heavy atom. The maximum atomic E-state index is 13.7. The molecule has 2 N–H and O–H groups in total. The number of hydrogen-bond donors (Lipinski definition) is 2. The highest BCUT2D eigenvalue weighted by Crippen LogP contribution is 2.21. The van der Waals surface area contributed by atoms with E-state index in [1.54, 1.807) is 30.3 Å².